The summed E-state index contributed by atoms with van der Waals surface area (Å²) in [6, 6.07) is 34.8. The van der Waals surface area contributed by atoms with Crippen molar-refractivity contribution in [2.24, 2.45) is 0 Å². The molecule has 0 spiro atoms. The Bertz CT molecular complexity index is 2750. The number of carbonyl (C=O) groups excluding carboxylic acids is 6. The van der Waals surface area contributed by atoms with E-state index in [1.165, 1.54) is 43.5 Å². The van der Waals surface area contributed by atoms with E-state index in [0.717, 1.165) is 26.3 Å². The van der Waals surface area contributed by atoms with Gasteiger partial charge in [-0.05, 0) is 78.6 Å². The van der Waals surface area contributed by atoms with Crippen LogP contribution < -0.4 is 14.2 Å². The van der Waals surface area contributed by atoms with Gasteiger partial charge in [0.25, 0.3) is 0 Å². The number of ether oxygens (including phenoxy) is 11. The minimum atomic E-state index is -1.70. The van der Waals surface area contributed by atoms with Crippen LogP contribution in [0.3, 0.4) is 0 Å². The largest absolute Gasteiger partial charge is 0.497 e. The molecule has 74 heavy (non-hydrogen) atoms. The lowest BCUT2D eigenvalue weighted by Crippen LogP contribution is -2.60. The molecule has 8 rings (SSSR count). The summed E-state index contributed by atoms with van der Waals surface area (Å²) >= 11 is 0. The van der Waals surface area contributed by atoms with Gasteiger partial charge < -0.3 is 52.1 Å². The third-order valence-corrected chi connectivity index (χ3v) is 12.3. The predicted molar refractivity (Wildman–Crippen MR) is 256 cm³/mol. The summed E-state index contributed by atoms with van der Waals surface area (Å²) in [7, 11) is 3.05. The minimum Gasteiger partial charge on any atom is -0.497 e. The molecule has 10 atom stereocenters. The highest BCUT2D eigenvalue weighted by atomic mass is 17.2. The van der Waals surface area contributed by atoms with Crippen LogP contribution in [0.25, 0.3) is 0 Å². The zero-order valence-electron chi connectivity index (χ0n) is 41.0. The maximum absolute atomic E-state index is 13.9. The van der Waals surface area contributed by atoms with Gasteiger partial charge in [0, 0.05) is 32.4 Å². The molecule has 5 aromatic carbocycles. The Hall–Kier alpha value is -7.84. The Kier molecular flexibility index (Phi) is 17.2. The smallest absolute Gasteiger partial charge is 0.338 e. The van der Waals surface area contributed by atoms with Crippen molar-refractivity contribution in [3.63, 3.8) is 0 Å². The van der Waals surface area contributed by atoms with Crippen LogP contribution in [0, 0.1) is 0 Å². The van der Waals surface area contributed by atoms with Crippen molar-refractivity contribution in [1.82, 2.24) is 0 Å². The summed E-state index contributed by atoms with van der Waals surface area (Å²) < 4.78 is 65.9. The van der Waals surface area contributed by atoms with Gasteiger partial charge in [-0.15, -0.1) is 0 Å². The van der Waals surface area contributed by atoms with Gasteiger partial charge in [-0.1, -0.05) is 66.7 Å². The molecule has 2 fully saturated rings. The normalized spacial score (nSPS) is 24.1. The van der Waals surface area contributed by atoms with Crippen LogP contribution in [0.5, 0.6) is 17.2 Å². The van der Waals surface area contributed by atoms with Gasteiger partial charge in [0.05, 0.1) is 37.5 Å². The first-order chi connectivity index (χ1) is 35.8. The number of hydrogen-bond donors (Lipinski definition) is 0. The monoisotopic (exact) mass is 1020 g/mol. The van der Waals surface area contributed by atoms with Crippen LogP contribution in [0.4, 0.5) is 0 Å². The second-order valence-corrected chi connectivity index (χ2v) is 17.3. The number of benzene rings is 5. The zero-order chi connectivity index (χ0) is 52.3. The van der Waals surface area contributed by atoms with Crippen molar-refractivity contribution in [1.29, 1.82) is 0 Å². The summed E-state index contributed by atoms with van der Waals surface area (Å²) in [6.07, 6.45) is -12.8. The fourth-order valence-corrected chi connectivity index (χ4v) is 8.89. The summed E-state index contributed by atoms with van der Waals surface area (Å²) in [5, 5.41) is 0. The minimum absolute atomic E-state index is 0.106. The van der Waals surface area contributed by atoms with Crippen molar-refractivity contribution in [2.45, 2.75) is 94.8 Å². The molecular weight excluding hydrogens is 965 g/mol. The van der Waals surface area contributed by atoms with E-state index in [0.29, 0.717) is 41.2 Å². The van der Waals surface area contributed by atoms with E-state index in [4.69, 9.17) is 61.9 Å². The highest BCUT2D eigenvalue weighted by molar-refractivity contribution is 5.91. The van der Waals surface area contributed by atoms with Gasteiger partial charge >= 0.3 is 35.8 Å². The zero-order valence-corrected chi connectivity index (χ0v) is 41.0. The topological polar surface area (TPSA) is 222 Å². The first kappa shape index (κ1) is 52.5. The average Bonchev–Trinajstić information content (AvgIpc) is 3.41. The van der Waals surface area contributed by atoms with E-state index in [-0.39, 0.29) is 22.8 Å². The lowest BCUT2D eigenvalue weighted by Gasteiger charge is -2.45. The molecule has 2 saturated heterocycles. The second-order valence-electron chi connectivity index (χ2n) is 17.3. The van der Waals surface area contributed by atoms with E-state index >= 15 is 0 Å². The number of hydrogen-bond acceptors (Lipinski definition) is 19. The van der Waals surface area contributed by atoms with E-state index in [9.17, 15) is 28.8 Å². The molecule has 1 unspecified atom stereocenters. The molecule has 0 radical (unpaired) electrons. The molecule has 3 heterocycles. The molecule has 19 nitrogen and oxygen atoms in total. The summed E-state index contributed by atoms with van der Waals surface area (Å²) in [5.41, 5.74) is 2.41. The first-order valence-electron chi connectivity index (χ1n) is 23.7. The van der Waals surface area contributed by atoms with E-state index < -0.39 is 104 Å². The number of methoxy groups -OCH3 is 2. The average molecular weight is 1020 g/mol. The molecule has 3 aliphatic heterocycles. The predicted octanol–water partition coefficient (Wildman–Crippen LogP) is 6.99. The number of fused-ring (bicyclic) bond motifs is 1. The van der Waals surface area contributed by atoms with Gasteiger partial charge in [0.1, 0.15) is 42.2 Å². The number of rotatable bonds is 17. The maximum Gasteiger partial charge on any atom is 0.338 e. The highest BCUT2D eigenvalue weighted by Crippen LogP contribution is 2.46. The summed E-state index contributed by atoms with van der Waals surface area (Å²) in [5.74, 6) is -3.46. The Labute approximate surface area is 425 Å². The van der Waals surface area contributed by atoms with Gasteiger partial charge in [0.2, 0.25) is 6.29 Å². The molecule has 0 aliphatic carbocycles. The molecule has 0 saturated carbocycles. The van der Waals surface area contributed by atoms with Crippen LogP contribution in [-0.2, 0) is 68.5 Å². The summed E-state index contributed by atoms with van der Waals surface area (Å²) in [4.78, 5) is 91.6. The van der Waals surface area contributed by atoms with Crippen molar-refractivity contribution in [3.8, 4) is 17.2 Å². The van der Waals surface area contributed by atoms with E-state index in [1.54, 1.807) is 73.8 Å². The van der Waals surface area contributed by atoms with E-state index in [1.807, 2.05) is 24.3 Å². The number of carbonyl (C=O) groups is 6. The van der Waals surface area contributed by atoms with E-state index in [2.05, 4.69) is 0 Å². The van der Waals surface area contributed by atoms with Crippen LogP contribution >= 0.6 is 0 Å². The molecule has 0 N–H and O–H groups in total. The Morgan fingerprint density at radius 3 is 1.64 bits per heavy atom. The SMILES string of the molecule is COc1ccc(C2CCc3c(cc(OC)cc3[C@@H]3O[C@H](COO[C@@H]4OC[C@@H](OC(=O)c5ccccc5)[C@H](OC(=O)c5ccccc5)[C@H]4OC(=O)c4ccccc4)[C@@H](OC(C)=O)[C@H](OC(C)=O)[C@H]3OC(C)=O)O2)cc1. The molecule has 5 aromatic rings. The van der Waals surface area contributed by atoms with Gasteiger partial charge in [-0.3, -0.25) is 14.4 Å². The molecule has 19 heteroatoms. The van der Waals surface area contributed by atoms with Gasteiger partial charge in [-0.25, -0.2) is 24.2 Å². The van der Waals surface area contributed by atoms with Crippen molar-refractivity contribution in [3.05, 3.63) is 161 Å². The fraction of sp³-hybridized carbons (Fsp3) is 0.345. The molecular formula is C55H54O19. The highest BCUT2D eigenvalue weighted by Gasteiger charge is 2.54. The summed E-state index contributed by atoms with van der Waals surface area (Å²) in [6.45, 7) is 2.34. The van der Waals surface area contributed by atoms with Gasteiger partial charge in [0.15, 0.2) is 36.6 Å². The Morgan fingerprint density at radius 2 is 1.08 bits per heavy atom. The Balaban J connectivity index is 1.12. The molecule has 0 amide bonds. The first-order valence-corrected chi connectivity index (χ1v) is 23.7. The third kappa shape index (κ3) is 12.7. The van der Waals surface area contributed by atoms with Crippen LogP contribution in [0.1, 0.15) is 87.2 Å². The van der Waals surface area contributed by atoms with Crippen LogP contribution in [0.15, 0.2) is 127 Å². The third-order valence-electron chi connectivity index (χ3n) is 12.3. The quantitative estimate of drug-likeness (QED) is 0.0396. The van der Waals surface area contributed by atoms with Gasteiger partial charge in [-0.2, -0.15) is 0 Å². The van der Waals surface area contributed by atoms with Crippen molar-refractivity contribution < 1.29 is 90.6 Å². The lowest BCUT2D eigenvalue weighted by atomic mass is 9.85. The molecule has 0 bridgehead atoms. The molecule has 0 aromatic heterocycles. The molecule has 3 aliphatic rings. The maximum atomic E-state index is 13.9. The standard InChI is InChI=1S/C55H54O19/c1-31(56)66-47-45(70-46(49(67-32(2)57)50(47)68-33(3)58)41-27-39(63-5)28-43-40(41)25-26-42(69-43)34-21-23-38(62-4)24-22-34)30-65-74-55-51(73-54(61)37-19-13-8-14-20-37)48(72-53(60)36-17-11-7-12-18-36)44(29-64-55)71-52(59)35-15-9-6-10-16-35/h6-24,27-28,42,44-51,55H,25-26,29-30H2,1-5H3/t42?,44-,45-,46+,47-,48+,49+,50+,51-,55+/m1/s1. The molecule has 388 valence electrons. The van der Waals surface area contributed by atoms with Crippen LogP contribution in [-0.4, -0.2) is 112 Å². The van der Waals surface area contributed by atoms with Crippen LogP contribution in [0.2, 0.25) is 0 Å². The van der Waals surface area contributed by atoms with Crippen molar-refractivity contribution >= 4 is 35.8 Å². The number of esters is 6. The fourth-order valence-electron chi connectivity index (χ4n) is 8.89. The second kappa shape index (κ2) is 24.3. The van der Waals surface area contributed by atoms with Crippen molar-refractivity contribution in [2.75, 3.05) is 27.4 Å². The Morgan fingerprint density at radius 1 is 0.554 bits per heavy atom. The lowest BCUT2D eigenvalue weighted by molar-refractivity contribution is -0.422.